The van der Waals surface area contributed by atoms with Gasteiger partial charge in [-0.15, -0.1) is 10.2 Å². The van der Waals surface area contributed by atoms with Crippen molar-refractivity contribution in [2.45, 2.75) is 17.3 Å². The first-order chi connectivity index (χ1) is 15.6. The first-order valence-corrected chi connectivity index (χ1v) is 12.4. The van der Waals surface area contributed by atoms with Crippen LogP contribution in [-0.4, -0.2) is 64.9 Å². The number of benzene rings is 2. The molecule has 2 heterocycles. The number of aromatic nitrogens is 2. The van der Waals surface area contributed by atoms with E-state index in [0.717, 1.165) is 42.0 Å². The van der Waals surface area contributed by atoms with Gasteiger partial charge in [-0.05, 0) is 24.6 Å². The maximum atomic E-state index is 12.7. The van der Waals surface area contributed by atoms with Gasteiger partial charge in [-0.3, -0.25) is 9.69 Å². The number of nitrogens with zero attached hydrogens (tertiary/aromatic N) is 4. The van der Waals surface area contributed by atoms with Crippen molar-refractivity contribution in [1.29, 1.82) is 0 Å². The molecule has 4 rings (SSSR count). The summed E-state index contributed by atoms with van der Waals surface area (Å²) in [6.07, 6.45) is 0. The average molecular weight is 470 g/mol. The second-order valence-electron chi connectivity index (χ2n) is 7.49. The topological polar surface area (TPSA) is 70.6 Å². The zero-order chi connectivity index (χ0) is 22.3. The summed E-state index contributed by atoms with van der Waals surface area (Å²) in [5.41, 5.74) is 2.15. The van der Waals surface area contributed by atoms with Gasteiger partial charge in [0.05, 0.1) is 18.6 Å². The Morgan fingerprint density at radius 2 is 1.81 bits per heavy atom. The van der Waals surface area contributed by atoms with Crippen molar-refractivity contribution >= 4 is 39.8 Å². The van der Waals surface area contributed by atoms with Crippen LogP contribution in [0.5, 0.6) is 5.75 Å². The van der Waals surface area contributed by atoms with Gasteiger partial charge in [-0.25, -0.2) is 0 Å². The van der Waals surface area contributed by atoms with E-state index in [0.29, 0.717) is 16.9 Å². The number of carbonyl (C=O) groups is 1. The molecule has 1 atom stereocenters. The minimum Gasteiger partial charge on any atom is -0.495 e. The summed E-state index contributed by atoms with van der Waals surface area (Å²) in [6.45, 7) is 5.52. The first-order valence-electron chi connectivity index (χ1n) is 10.6. The highest BCUT2D eigenvalue weighted by Gasteiger charge is 2.25. The lowest BCUT2D eigenvalue weighted by Gasteiger charge is -2.38. The molecule has 9 heteroatoms. The van der Waals surface area contributed by atoms with E-state index < -0.39 is 0 Å². The Hall–Kier alpha value is -2.62. The van der Waals surface area contributed by atoms with E-state index in [1.54, 1.807) is 7.11 Å². The van der Waals surface area contributed by atoms with E-state index in [9.17, 15) is 4.79 Å². The monoisotopic (exact) mass is 469 g/mol. The molecule has 1 N–H and O–H groups in total. The molecule has 168 valence electrons. The van der Waals surface area contributed by atoms with Gasteiger partial charge in [-0.1, -0.05) is 65.6 Å². The normalized spacial score (nSPS) is 15.4. The van der Waals surface area contributed by atoms with Crippen molar-refractivity contribution in [2.75, 3.05) is 44.4 Å². The van der Waals surface area contributed by atoms with Crippen molar-refractivity contribution in [2.24, 2.45) is 0 Å². The lowest BCUT2D eigenvalue weighted by molar-refractivity contribution is -0.130. The maximum absolute atomic E-state index is 12.7. The molecule has 1 aliphatic heterocycles. The standard InChI is InChI=1S/C23H27N5O2S2/c1-17(18-8-4-3-5-9-18)27-12-14-28(15-13-27)21(29)16-31-23-26-25-22(32-23)24-19-10-6-7-11-20(19)30-2/h3-11,17H,12-16H2,1-2H3,(H,24,25). The van der Waals surface area contributed by atoms with E-state index in [-0.39, 0.29) is 5.91 Å². The largest absolute Gasteiger partial charge is 0.495 e. The molecule has 0 aliphatic carbocycles. The number of para-hydroxylation sites is 2. The fourth-order valence-corrected chi connectivity index (χ4v) is 5.36. The second-order valence-corrected chi connectivity index (χ2v) is 9.69. The van der Waals surface area contributed by atoms with Crippen LogP contribution in [0.15, 0.2) is 58.9 Å². The van der Waals surface area contributed by atoms with Crippen LogP contribution in [0.3, 0.4) is 0 Å². The van der Waals surface area contributed by atoms with Crippen LogP contribution in [0, 0.1) is 0 Å². The molecule has 1 aliphatic rings. The number of carbonyl (C=O) groups excluding carboxylic acids is 1. The summed E-state index contributed by atoms with van der Waals surface area (Å²) in [5.74, 6) is 1.27. The van der Waals surface area contributed by atoms with Crippen LogP contribution >= 0.6 is 23.1 Å². The highest BCUT2D eigenvalue weighted by Crippen LogP contribution is 2.31. The summed E-state index contributed by atoms with van der Waals surface area (Å²) >= 11 is 2.87. The smallest absolute Gasteiger partial charge is 0.233 e. The molecule has 1 fully saturated rings. The molecule has 1 saturated heterocycles. The van der Waals surface area contributed by atoms with Gasteiger partial charge < -0.3 is 15.0 Å². The van der Waals surface area contributed by atoms with Crippen LogP contribution in [0.2, 0.25) is 0 Å². The predicted molar refractivity (Wildman–Crippen MR) is 130 cm³/mol. The average Bonchev–Trinajstić information content (AvgIpc) is 3.30. The molecule has 0 spiro atoms. The van der Waals surface area contributed by atoms with Gasteiger partial charge in [0.25, 0.3) is 0 Å². The molecular weight excluding hydrogens is 442 g/mol. The van der Waals surface area contributed by atoms with Gasteiger partial charge >= 0.3 is 0 Å². The molecule has 32 heavy (non-hydrogen) atoms. The predicted octanol–water partition coefficient (Wildman–Crippen LogP) is 4.29. The third-order valence-electron chi connectivity index (χ3n) is 5.57. The molecular formula is C23H27N5O2S2. The molecule has 0 bridgehead atoms. The highest BCUT2D eigenvalue weighted by atomic mass is 32.2. The van der Waals surface area contributed by atoms with E-state index in [1.165, 1.54) is 28.7 Å². The summed E-state index contributed by atoms with van der Waals surface area (Å²) < 4.78 is 6.12. The highest BCUT2D eigenvalue weighted by molar-refractivity contribution is 8.01. The molecule has 1 unspecified atom stereocenters. The molecule has 7 nitrogen and oxygen atoms in total. The Morgan fingerprint density at radius 1 is 1.09 bits per heavy atom. The third kappa shape index (κ3) is 5.59. The van der Waals surface area contributed by atoms with Crippen molar-refractivity contribution in [3.8, 4) is 5.75 Å². The minimum absolute atomic E-state index is 0.149. The van der Waals surface area contributed by atoms with Gasteiger partial charge in [0.1, 0.15) is 5.75 Å². The minimum atomic E-state index is 0.149. The lowest BCUT2D eigenvalue weighted by Crippen LogP contribution is -2.49. The number of anilines is 2. The van der Waals surface area contributed by atoms with Crippen molar-refractivity contribution in [3.63, 3.8) is 0 Å². The summed E-state index contributed by atoms with van der Waals surface area (Å²) in [7, 11) is 1.63. The number of amides is 1. The number of rotatable bonds is 8. The first kappa shape index (κ1) is 22.6. The van der Waals surface area contributed by atoms with E-state index >= 15 is 0 Å². The van der Waals surface area contributed by atoms with Crippen molar-refractivity contribution in [3.05, 3.63) is 60.2 Å². The van der Waals surface area contributed by atoms with Crippen molar-refractivity contribution < 1.29 is 9.53 Å². The van der Waals surface area contributed by atoms with Gasteiger partial charge in [0.2, 0.25) is 11.0 Å². The van der Waals surface area contributed by atoms with Crippen LogP contribution in [-0.2, 0) is 4.79 Å². The fourth-order valence-electron chi connectivity index (χ4n) is 3.70. The SMILES string of the molecule is COc1ccccc1Nc1nnc(SCC(=O)N2CCN(C(C)c3ccccc3)CC2)s1. The molecule has 3 aromatic rings. The third-order valence-corrected chi connectivity index (χ3v) is 7.53. The van der Waals surface area contributed by atoms with Crippen LogP contribution in [0.4, 0.5) is 10.8 Å². The number of piperazine rings is 1. The summed E-state index contributed by atoms with van der Waals surface area (Å²) in [4.78, 5) is 17.1. The Balaban J connectivity index is 1.24. The quantitative estimate of drug-likeness (QED) is 0.494. The summed E-state index contributed by atoms with van der Waals surface area (Å²) in [6, 6.07) is 18.5. The Labute approximate surface area is 196 Å². The zero-order valence-electron chi connectivity index (χ0n) is 18.2. The number of hydrogen-bond donors (Lipinski definition) is 1. The fraction of sp³-hybridized carbons (Fsp3) is 0.348. The number of ether oxygens (including phenoxy) is 1. The van der Waals surface area contributed by atoms with E-state index in [4.69, 9.17) is 4.74 Å². The van der Waals surface area contributed by atoms with Gasteiger partial charge in [0.15, 0.2) is 4.34 Å². The Bertz CT molecular complexity index is 1020. The maximum Gasteiger partial charge on any atom is 0.233 e. The number of nitrogens with one attached hydrogen (secondary N) is 1. The number of thioether (sulfide) groups is 1. The van der Waals surface area contributed by atoms with Crippen LogP contribution in [0.25, 0.3) is 0 Å². The van der Waals surface area contributed by atoms with Gasteiger partial charge in [-0.2, -0.15) is 0 Å². The molecule has 0 radical (unpaired) electrons. The molecule has 1 aromatic heterocycles. The van der Waals surface area contributed by atoms with E-state index in [2.05, 4.69) is 51.6 Å². The Kier molecular flexibility index (Phi) is 7.62. The summed E-state index contributed by atoms with van der Waals surface area (Å²) in [5, 5.41) is 12.3. The van der Waals surface area contributed by atoms with E-state index in [1.807, 2.05) is 35.2 Å². The number of hydrogen-bond acceptors (Lipinski definition) is 8. The molecule has 1 amide bonds. The Morgan fingerprint density at radius 3 is 2.56 bits per heavy atom. The molecule has 2 aromatic carbocycles. The second kappa shape index (κ2) is 10.8. The van der Waals surface area contributed by atoms with Crippen molar-refractivity contribution in [1.82, 2.24) is 20.0 Å². The zero-order valence-corrected chi connectivity index (χ0v) is 19.9. The van der Waals surface area contributed by atoms with Crippen LogP contribution < -0.4 is 10.1 Å². The lowest BCUT2D eigenvalue weighted by atomic mass is 10.1. The van der Waals surface area contributed by atoms with Crippen LogP contribution in [0.1, 0.15) is 18.5 Å². The number of methoxy groups -OCH3 is 1. The molecule has 0 saturated carbocycles. The van der Waals surface area contributed by atoms with Gasteiger partial charge in [0, 0.05) is 32.2 Å².